The van der Waals surface area contributed by atoms with Crippen LogP contribution in [-0.4, -0.2) is 6.86 Å². The van der Waals surface area contributed by atoms with Gasteiger partial charge in [0.2, 0.25) is 6.86 Å². The minimum Gasteiger partial charge on any atom is -0.460 e. The lowest BCUT2D eigenvalue weighted by Crippen LogP contribution is -2.25. The summed E-state index contributed by atoms with van der Waals surface area (Å²) in [7, 11) is 0. The number of alkyl halides is 5. The van der Waals surface area contributed by atoms with Crippen molar-refractivity contribution in [3.8, 4) is 28.4 Å². The van der Waals surface area contributed by atoms with Gasteiger partial charge in [0.25, 0.3) is 0 Å². The van der Waals surface area contributed by atoms with Gasteiger partial charge in [0, 0.05) is 6.07 Å². The van der Waals surface area contributed by atoms with Crippen molar-refractivity contribution < 1.29 is 49.3 Å². The number of benzene rings is 4. The van der Waals surface area contributed by atoms with Crippen molar-refractivity contribution in [2.75, 3.05) is 6.86 Å². The van der Waals surface area contributed by atoms with Gasteiger partial charge >= 0.3 is 12.2 Å². The van der Waals surface area contributed by atoms with Crippen molar-refractivity contribution >= 4 is 0 Å². The van der Waals surface area contributed by atoms with E-state index in [4.69, 9.17) is 4.74 Å². The summed E-state index contributed by atoms with van der Waals surface area (Å²) in [6.07, 6.45) is -2.55. The zero-order valence-corrected chi connectivity index (χ0v) is 25.4. The molecule has 11 heteroatoms. The molecule has 4 aromatic carbocycles. The van der Waals surface area contributed by atoms with Crippen molar-refractivity contribution in [3.63, 3.8) is 0 Å². The molecule has 0 saturated heterocycles. The van der Waals surface area contributed by atoms with Gasteiger partial charge in [-0.2, -0.15) is 17.6 Å². The van der Waals surface area contributed by atoms with Crippen molar-refractivity contribution in [1.82, 2.24) is 0 Å². The first-order chi connectivity index (χ1) is 22.4. The summed E-state index contributed by atoms with van der Waals surface area (Å²) in [6, 6.07) is 13.7. The van der Waals surface area contributed by atoms with E-state index in [2.05, 4.69) is 16.4 Å². The van der Waals surface area contributed by atoms with E-state index in [0.717, 1.165) is 68.9 Å². The second-order valence-corrected chi connectivity index (χ2v) is 11.5. The van der Waals surface area contributed by atoms with Gasteiger partial charge in [-0.05, 0) is 103 Å². The van der Waals surface area contributed by atoms with Gasteiger partial charge in [0.15, 0.2) is 11.6 Å². The number of hydrogen-bond donors (Lipinski definition) is 0. The van der Waals surface area contributed by atoms with E-state index in [1.54, 1.807) is 0 Å². The summed E-state index contributed by atoms with van der Waals surface area (Å²) in [4.78, 5) is 0. The maximum atomic E-state index is 15.0. The topological polar surface area (TPSA) is 27.7 Å². The van der Waals surface area contributed by atoms with Crippen LogP contribution in [0.2, 0.25) is 0 Å². The van der Waals surface area contributed by atoms with Crippen molar-refractivity contribution in [2.24, 2.45) is 5.92 Å². The summed E-state index contributed by atoms with van der Waals surface area (Å²) in [6.45, 7) is 0.911. The summed E-state index contributed by atoms with van der Waals surface area (Å²) in [5, 5.41) is 0. The quantitative estimate of drug-likeness (QED) is 0.141. The van der Waals surface area contributed by atoms with E-state index in [-0.39, 0.29) is 17.4 Å². The first-order valence-electron chi connectivity index (χ1n) is 15.2. The number of rotatable bonds is 12. The molecule has 0 bridgehead atoms. The molecule has 3 nitrogen and oxygen atoms in total. The third kappa shape index (κ3) is 8.00. The van der Waals surface area contributed by atoms with E-state index < -0.39 is 53.4 Å². The van der Waals surface area contributed by atoms with Crippen LogP contribution in [0, 0.1) is 23.4 Å². The SMILES string of the molecule is CCCC1CCC(c2ccc(C(F)(F)Oc3ccc(C(F)(F)Oc4ccc(-c5ccc(OCF)c(F)c5)cc4)c(F)c3)c(F)c2)CC1. The van der Waals surface area contributed by atoms with Gasteiger partial charge in [-0.3, -0.25) is 0 Å². The Labute approximate surface area is 267 Å². The molecule has 0 amide bonds. The molecule has 250 valence electrons. The predicted octanol–water partition coefficient (Wildman–Crippen LogP) is 11.4. The molecular weight excluding hydrogens is 632 g/mol. The molecule has 0 radical (unpaired) electrons. The highest BCUT2D eigenvalue weighted by Crippen LogP contribution is 2.41. The van der Waals surface area contributed by atoms with Crippen molar-refractivity contribution in [1.29, 1.82) is 0 Å². The average molecular weight is 665 g/mol. The Kier molecular flexibility index (Phi) is 10.3. The van der Waals surface area contributed by atoms with Crippen LogP contribution >= 0.6 is 0 Å². The normalized spacial score (nSPS) is 17.0. The highest BCUT2D eigenvalue weighted by atomic mass is 19.3. The zero-order chi connectivity index (χ0) is 33.8. The molecule has 0 N–H and O–H groups in total. The lowest BCUT2D eigenvalue weighted by atomic mass is 9.77. The Morgan fingerprint density at radius 2 is 1.21 bits per heavy atom. The Bertz CT molecular complexity index is 1670. The minimum absolute atomic E-state index is 0.0660. The highest BCUT2D eigenvalue weighted by Gasteiger charge is 2.41. The van der Waals surface area contributed by atoms with Crippen LogP contribution in [-0.2, 0) is 12.2 Å². The molecule has 0 spiro atoms. The molecule has 0 atom stereocenters. The molecule has 4 aromatic rings. The summed E-state index contributed by atoms with van der Waals surface area (Å²) < 4.78 is 130. The number of halogens is 8. The van der Waals surface area contributed by atoms with Gasteiger partial charge in [0.1, 0.15) is 28.7 Å². The largest absolute Gasteiger partial charge is 0.460 e. The van der Waals surface area contributed by atoms with E-state index in [1.165, 1.54) is 30.3 Å². The Balaban J connectivity index is 1.24. The minimum atomic E-state index is -4.23. The summed E-state index contributed by atoms with van der Waals surface area (Å²) in [5.41, 5.74) is -0.954. The van der Waals surface area contributed by atoms with Crippen LogP contribution in [0.3, 0.4) is 0 Å². The van der Waals surface area contributed by atoms with E-state index in [9.17, 15) is 35.1 Å². The van der Waals surface area contributed by atoms with Crippen LogP contribution in [0.4, 0.5) is 35.1 Å². The molecule has 5 rings (SSSR count). The molecule has 0 unspecified atom stereocenters. The fourth-order valence-corrected chi connectivity index (χ4v) is 5.99. The first kappa shape index (κ1) is 34.1. The average Bonchev–Trinajstić information content (AvgIpc) is 3.02. The number of ether oxygens (including phenoxy) is 3. The molecular formula is C36H32F8O3. The Morgan fingerprint density at radius 1 is 0.638 bits per heavy atom. The molecule has 0 heterocycles. The Morgan fingerprint density at radius 3 is 1.79 bits per heavy atom. The smallest absolute Gasteiger partial charge is 0.429 e. The molecule has 1 aliphatic carbocycles. The van der Waals surface area contributed by atoms with Crippen LogP contribution in [0.5, 0.6) is 17.2 Å². The van der Waals surface area contributed by atoms with Gasteiger partial charge in [-0.25, -0.2) is 17.6 Å². The molecule has 0 aliphatic heterocycles. The molecule has 1 aliphatic rings. The van der Waals surface area contributed by atoms with E-state index in [0.29, 0.717) is 40.8 Å². The molecule has 47 heavy (non-hydrogen) atoms. The van der Waals surface area contributed by atoms with Gasteiger partial charge in [-0.1, -0.05) is 44.0 Å². The maximum Gasteiger partial charge on any atom is 0.429 e. The predicted molar refractivity (Wildman–Crippen MR) is 160 cm³/mol. The standard InChI is InChI=1S/C36H32F8O3/c1-2-3-22-4-6-23(7-5-22)25-10-15-29(31(38)18-25)36(43,44)47-28-14-16-30(32(39)20-28)35(41,42)46-27-12-8-24(9-13-27)26-11-17-34(45-21-37)33(40)19-26/h8-20,22-23H,2-7,21H2,1H3. The van der Waals surface area contributed by atoms with Crippen molar-refractivity contribution in [3.05, 3.63) is 113 Å². The molecule has 0 aromatic heterocycles. The van der Waals surface area contributed by atoms with Crippen LogP contribution in [0.1, 0.15) is 68.1 Å². The second-order valence-electron chi connectivity index (χ2n) is 11.5. The van der Waals surface area contributed by atoms with Gasteiger partial charge in [0.05, 0.1) is 5.56 Å². The fraction of sp³-hybridized carbons (Fsp3) is 0.333. The second kappa shape index (κ2) is 14.2. The third-order valence-electron chi connectivity index (χ3n) is 8.40. The Hall–Kier alpha value is -4.28. The molecule has 1 saturated carbocycles. The summed E-state index contributed by atoms with van der Waals surface area (Å²) in [5.74, 6) is -4.39. The highest BCUT2D eigenvalue weighted by molar-refractivity contribution is 5.65. The summed E-state index contributed by atoms with van der Waals surface area (Å²) >= 11 is 0. The zero-order valence-electron chi connectivity index (χ0n) is 25.4. The van der Waals surface area contributed by atoms with Gasteiger partial charge < -0.3 is 14.2 Å². The van der Waals surface area contributed by atoms with Crippen LogP contribution in [0.25, 0.3) is 11.1 Å². The van der Waals surface area contributed by atoms with Crippen LogP contribution < -0.4 is 14.2 Å². The van der Waals surface area contributed by atoms with E-state index >= 15 is 0 Å². The van der Waals surface area contributed by atoms with Crippen LogP contribution in [0.15, 0.2) is 78.9 Å². The molecule has 1 fully saturated rings. The van der Waals surface area contributed by atoms with Crippen molar-refractivity contribution in [2.45, 2.75) is 63.6 Å². The fourth-order valence-electron chi connectivity index (χ4n) is 5.99. The lowest BCUT2D eigenvalue weighted by Gasteiger charge is -2.29. The third-order valence-corrected chi connectivity index (χ3v) is 8.40. The lowest BCUT2D eigenvalue weighted by molar-refractivity contribution is -0.189. The van der Waals surface area contributed by atoms with Gasteiger partial charge in [-0.15, -0.1) is 0 Å². The first-order valence-corrected chi connectivity index (χ1v) is 15.2. The number of hydrogen-bond acceptors (Lipinski definition) is 3. The van der Waals surface area contributed by atoms with E-state index in [1.807, 2.05) is 0 Å². The monoisotopic (exact) mass is 664 g/mol. The maximum absolute atomic E-state index is 15.0.